The number of aryl methyl sites for hydroxylation is 1. The Bertz CT molecular complexity index is 2890. The zero-order valence-electron chi connectivity index (χ0n) is 37.9. The van der Waals surface area contributed by atoms with Crippen LogP contribution in [-0.2, 0) is 19.3 Å². The number of nitro groups is 1. The molecule has 0 bridgehead atoms. The molecule has 17 nitrogen and oxygen atoms in total. The minimum Gasteiger partial charge on any atom is -0.489 e. The smallest absolute Gasteiger partial charge is 0.297 e. The summed E-state index contributed by atoms with van der Waals surface area (Å²) in [5, 5.41) is 16.8. The summed E-state index contributed by atoms with van der Waals surface area (Å²) in [6.07, 6.45) is 7.27. The lowest BCUT2D eigenvalue weighted by Gasteiger charge is -2.56. The van der Waals surface area contributed by atoms with E-state index in [0.717, 1.165) is 50.1 Å². The average molecular weight is 933 g/mol. The number of hydrogen-bond donors (Lipinski definition) is 3. The largest absolute Gasteiger partial charge is 0.489 e. The Balaban J connectivity index is 1.01. The molecule has 7 heterocycles. The van der Waals surface area contributed by atoms with Crippen LogP contribution in [0.1, 0.15) is 79.9 Å². The number of hydrogen-bond acceptors (Lipinski definition) is 14. The lowest BCUT2D eigenvalue weighted by Crippen LogP contribution is -2.55. The van der Waals surface area contributed by atoms with E-state index in [-0.39, 0.29) is 76.3 Å². The molecule has 1 saturated carbocycles. The quantitative estimate of drug-likeness (QED) is 0.0885. The van der Waals surface area contributed by atoms with Crippen LogP contribution in [0.5, 0.6) is 11.6 Å². The molecule has 18 heteroatoms. The Morgan fingerprint density at radius 2 is 1.85 bits per heavy atom. The molecule has 4 N–H and O–H groups in total. The van der Waals surface area contributed by atoms with Crippen molar-refractivity contribution in [2.24, 2.45) is 11.1 Å². The topological polar surface area (TPSA) is 208 Å². The number of likely N-dealkylation sites (tertiary alicyclic amines) is 1. The lowest BCUT2D eigenvalue weighted by molar-refractivity contribution is -0.384. The van der Waals surface area contributed by atoms with Crippen LogP contribution < -0.4 is 30.3 Å². The van der Waals surface area contributed by atoms with Crippen LogP contribution >= 0.6 is 0 Å². The molecule has 2 aromatic heterocycles. The number of pyridine rings is 1. The van der Waals surface area contributed by atoms with Gasteiger partial charge in [-0.2, -0.15) is 4.98 Å². The van der Waals surface area contributed by atoms with Crippen LogP contribution in [0, 0.1) is 22.5 Å². The van der Waals surface area contributed by atoms with Crippen LogP contribution in [0.4, 0.5) is 28.4 Å². The van der Waals surface area contributed by atoms with Crippen LogP contribution in [0.25, 0.3) is 11.0 Å². The highest BCUT2D eigenvalue weighted by atomic mass is 32.2. The van der Waals surface area contributed by atoms with Crippen molar-refractivity contribution in [1.29, 1.82) is 0 Å². The number of ether oxygens (including phenoxy) is 4. The predicted octanol–water partition coefficient (Wildman–Crippen LogP) is 7.19. The van der Waals surface area contributed by atoms with Crippen LogP contribution in [-0.4, -0.2) is 111 Å². The molecular weight excluding hydrogens is 877 g/mol. The number of amides is 1. The minimum atomic E-state index is -4.76. The van der Waals surface area contributed by atoms with Gasteiger partial charge in [-0.05, 0) is 107 Å². The van der Waals surface area contributed by atoms with Gasteiger partial charge in [-0.15, -0.1) is 0 Å². The van der Waals surface area contributed by atoms with Crippen LogP contribution in [0.15, 0.2) is 76.7 Å². The third kappa shape index (κ3) is 7.52. The van der Waals surface area contributed by atoms with E-state index in [1.165, 1.54) is 23.6 Å². The zero-order valence-corrected chi connectivity index (χ0v) is 38.7. The Morgan fingerprint density at radius 1 is 1.04 bits per heavy atom. The molecule has 1 aliphatic carbocycles. The number of nitrogens with two attached hydrogens (primary N) is 1. The van der Waals surface area contributed by atoms with Gasteiger partial charge in [0.15, 0.2) is 11.4 Å². The molecule has 11 rings (SSSR count). The number of fused-ring (bicyclic) bond motifs is 4. The first-order valence-electron chi connectivity index (χ1n) is 23.4. The highest BCUT2D eigenvalue weighted by Crippen LogP contribution is 2.56. The maximum absolute atomic E-state index is 16.0. The minimum absolute atomic E-state index is 0.0184. The summed E-state index contributed by atoms with van der Waals surface area (Å²) in [6.45, 7) is 8.84. The number of sulfone groups is 1. The van der Waals surface area contributed by atoms with Crippen molar-refractivity contribution >= 4 is 55.2 Å². The first-order chi connectivity index (χ1) is 32.3. The van der Waals surface area contributed by atoms with E-state index < -0.39 is 44.5 Å². The van der Waals surface area contributed by atoms with Gasteiger partial charge in [0, 0.05) is 48.9 Å². The number of carbonyl (C=O) groups is 1. The van der Waals surface area contributed by atoms with E-state index in [1.807, 2.05) is 26.0 Å². The normalized spacial score (nSPS) is 23.6. The Labute approximate surface area is 389 Å². The number of piperidine rings is 1. The fraction of sp³-hybridized carbons (Fsp3) is 0.469. The molecular formula is C49H56N8O9S. The molecule has 0 unspecified atom stereocenters. The molecule has 352 valence electrons. The fourth-order valence-electron chi connectivity index (χ4n) is 11.6. The first kappa shape index (κ1) is 43.6. The second-order valence-corrected chi connectivity index (χ2v) is 21.3. The Morgan fingerprint density at radius 3 is 2.61 bits per heavy atom. The maximum Gasteiger partial charge on any atom is 0.297 e. The van der Waals surface area contributed by atoms with Crippen LogP contribution in [0.3, 0.4) is 0 Å². The van der Waals surface area contributed by atoms with Gasteiger partial charge in [0.25, 0.3) is 11.6 Å². The van der Waals surface area contributed by atoms with Gasteiger partial charge in [-0.3, -0.25) is 19.8 Å². The van der Waals surface area contributed by atoms with Crippen molar-refractivity contribution in [3.8, 4) is 11.6 Å². The highest BCUT2D eigenvalue weighted by molar-refractivity contribution is 7.91. The standard InChI is InChI=1S/C49H56N8O9S/c1-28(2)64-24-31-25-65-41-21-33(20-38(57(59)60)43(41)52-31)67(61,62)45-37(54-17-13-49(14-18-54)22-32(23-49)55-16-6-9-36(55)34-8-5-4-7-29(34)3)11-10-35(46(50)58)44(45)56-39-19-30-12-15-51-47(30)53-48(39)66-42-27-63-26-40(42)56/h4-5,7-8,10-12,15,19-21,28,31-32,36,40,42,52H,6,9,13-14,16-18,22-27H2,1-3H3,(H2,50,58)(H,51,53)/t31-,36-,40+,42+/m0/s1. The molecule has 1 amide bonds. The summed E-state index contributed by atoms with van der Waals surface area (Å²) in [5.74, 6) is -0.599. The molecule has 4 atom stereocenters. The van der Waals surface area contributed by atoms with Crippen molar-refractivity contribution in [3.63, 3.8) is 0 Å². The molecule has 1 spiro atoms. The van der Waals surface area contributed by atoms with Crippen molar-refractivity contribution in [2.75, 3.05) is 61.2 Å². The van der Waals surface area contributed by atoms with E-state index in [0.29, 0.717) is 42.2 Å². The molecule has 3 aromatic carbocycles. The Kier molecular flexibility index (Phi) is 10.9. The second kappa shape index (κ2) is 16.7. The van der Waals surface area contributed by atoms with Gasteiger partial charge in [-0.25, -0.2) is 8.42 Å². The highest BCUT2D eigenvalue weighted by Gasteiger charge is 2.51. The number of aromatic nitrogens is 2. The van der Waals surface area contributed by atoms with E-state index >= 15 is 8.42 Å². The summed E-state index contributed by atoms with van der Waals surface area (Å²) < 4.78 is 56.2. The van der Waals surface area contributed by atoms with Crippen LogP contribution in [0.2, 0.25) is 0 Å². The van der Waals surface area contributed by atoms with Gasteiger partial charge >= 0.3 is 0 Å². The molecule has 3 saturated heterocycles. The van der Waals surface area contributed by atoms with Gasteiger partial charge in [0.2, 0.25) is 15.7 Å². The number of carbonyl (C=O) groups excluding carboxylic acids is 1. The van der Waals surface area contributed by atoms with Gasteiger partial charge in [0.1, 0.15) is 28.9 Å². The SMILES string of the molecule is Cc1ccccc1[C@@H]1CCCN1C1CC2(CCN(c3ccc(C(N)=O)c(N4c5cc6cc[nH]c6nc5O[C@@H]5COC[C@H]54)c3S(=O)(=O)c3cc4c(c([N+](=O)[O-])c3)N[C@@H](COC(C)C)CO4)CC2)C1. The van der Waals surface area contributed by atoms with Gasteiger partial charge in [0.05, 0.1) is 64.8 Å². The monoisotopic (exact) mass is 932 g/mol. The number of nitrogens with one attached hydrogen (secondary N) is 2. The Hall–Kier alpha value is -5.95. The number of benzene rings is 3. The summed E-state index contributed by atoms with van der Waals surface area (Å²) in [5.41, 5.74) is 10.0. The maximum atomic E-state index is 16.0. The molecule has 6 aliphatic rings. The van der Waals surface area contributed by atoms with Gasteiger partial charge in [-0.1, -0.05) is 24.3 Å². The van der Waals surface area contributed by atoms with Crippen molar-refractivity contribution in [1.82, 2.24) is 14.9 Å². The summed E-state index contributed by atoms with van der Waals surface area (Å²) in [6, 6.07) is 18.0. The van der Waals surface area contributed by atoms with E-state index in [9.17, 15) is 14.9 Å². The number of nitrogens with zero attached hydrogens (tertiary/aromatic N) is 5. The zero-order chi connectivity index (χ0) is 46.4. The second-order valence-electron chi connectivity index (χ2n) is 19.4. The summed E-state index contributed by atoms with van der Waals surface area (Å²) >= 11 is 0. The third-order valence-electron chi connectivity index (χ3n) is 15.0. The summed E-state index contributed by atoms with van der Waals surface area (Å²) in [7, 11) is -4.76. The number of H-pyrrole nitrogens is 1. The van der Waals surface area contributed by atoms with Crippen molar-refractivity contribution < 1.29 is 37.1 Å². The van der Waals surface area contributed by atoms with Crippen molar-refractivity contribution in [3.05, 3.63) is 93.7 Å². The third-order valence-corrected chi connectivity index (χ3v) is 16.8. The number of primary amides is 1. The summed E-state index contributed by atoms with van der Waals surface area (Å²) in [4.78, 5) is 40.0. The van der Waals surface area contributed by atoms with E-state index in [2.05, 4.69) is 51.3 Å². The molecule has 4 fully saturated rings. The first-order valence-corrected chi connectivity index (χ1v) is 24.9. The molecule has 0 radical (unpaired) electrons. The predicted molar refractivity (Wildman–Crippen MR) is 252 cm³/mol. The fourth-order valence-corrected chi connectivity index (χ4v) is 13.3. The van der Waals surface area contributed by atoms with E-state index in [4.69, 9.17) is 29.7 Å². The molecule has 5 aliphatic heterocycles. The molecule has 67 heavy (non-hydrogen) atoms. The average Bonchev–Trinajstić information content (AvgIpc) is 4.10. The van der Waals surface area contributed by atoms with Gasteiger partial charge < -0.3 is 44.8 Å². The number of anilines is 4. The number of aromatic amines is 1. The van der Waals surface area contributed by atoms with Crippen molar-refractivity contribution in [2.45, 2.75) is 105 Å². The van der Waals surface area contributed by atoms with E-state index in [1.54, 1.807) is 23.2 Å². The molecule has 5 aromatic rings. The number of rotatable bonds is 11. The number of nitro benzene ring substituents is 1. The lowest BCUT2D eigenvalue weighted by atomic mass is 9.59.